The van der Waals surface area contributed by atoms with Crippen LogP contribution in [-0.4, -0.2) is 32.7 Å². The van der Waals surface area contributed by atoms with Gasteiger partial charge in [0.1, 0.15) is 0 Å². The average molecular weight is 292 g/mol. The van der Waals surface area contributed by atoms with E-state index in [1.165, 1.54) is 6.92 Å². The van der Waals surface area contributed by atoms with E-state index in [0.29, 0.717) is 12.8 Å². The normalized spacial score (nSPS) is 23.3. The average Bonchev–Trinajstić information content (AvgIpc) is 2.35. The van der Waals surface area contributed by atoms with Crippen LogP contribution in [0.25, 0.3) is 0 Å². The van der Waals surface area contributed by atoms with Gasteiger partial charge in [0.15, 0.2) is 8.03 Å². The Morgan fingerprint density at radius 1 is 1.26 bits per heavy atom. The summed E-state index contributed by atoms with van der Waals surface area (Å²) in [6.07, 6.45) is 3.58. The van der Waals surface area contributed by atoms with Gasteiger partial charge in [-0.15, -0.1) is 0 Å². The van der Waals surface area contributed by atoms with Crippen molar-refractivity contribution in [3.05, 3.63) is 0 Å². The van der Waals surface area contributed by atoms with Gasteiger partial charge in [-0.3, -0.25) is 14.2 Å². The lowest BCUT2D eigenvalue weighted by molar-refractivity contribution is -0.153. The maximum atomic E-state index is 11.6. The van der Waals surface area contributed by atoms with Crippen LogP contribution in [-0.2, 0) is 14.2 Å². The van der Waals surface area contributed by atoms with Gasteiger partial charge < -0.3 is 15.1 Å². The summed E-state index contributed by atoms with van der Waals surface area (Å²) in [7, 11) is -3.23. The van der Waals surface area contributed by atoms with Gasteiger partial charge in [-0.25, -0.2) is 0 Å². The monoisotopic (exact) mass is 292 g/mol. The van der Waals surface area contributed by atoms with E-state index in [1.807, 2.05) is 0 Å². The zero-order valence-electron chi connectivity index (χ0n) is 11.0. The van der Waals surface area contributed by atoms with E-state index in [-0.39, 0.29) is 5.92 Å². The third kappa shape index (κ3) is 3.57. The molecule has 3 atom stereocenters. The molecule has 0 aromatic rings. The molecule has 1 aliphatic rings. The number of carboxylic acid groups (broad SMARTS) is 2. The number of hydrogen-bond acceptors (Lipinski definition) is 3. The second-order valence-electron chi connectivity index (χ2n) is 5.41. The van der Waals surface area contributed by atoms with E-state index < -0.39 is 37.5 Å². The molecule has 3 N–H and O–H groups in total. The maximum Gasteiger partial charge on any atom is 0.310 e. The third-order valence-corrected chi connectivity index (χ3v) is 5.71. The van der Waals surface area contributed by atoms with E-state index in [1.54, 1.807) is 0 Å². The van der Waals surface area contributed by atoms with Crippen molar-refractivity contribution in [2.75, 3.05) is 0 Å². The minimum atomic E-state index is -3.23. The van der Waals surface area contributed by atoms with Crippen LogP contribution in [0.4, 0.5) is 0 Å². The summed E-state index contributed by atoms with van der Waals surface area (Å²) in [5, 5.41) is 18.3. The Morgan fingerprint density at radius 2 is 1.79 bits per heavy atom. The predicted molar refractivity (Wildman–Crippen MR) is 69.6 cm³/mol. The molecule has 6 nitrogen and oxygen atoms in total. The van der Waals surface area contributed by atoms with Gasteiger partial charge in [0.2, 0.25) is 0 Å². The van der Waals surface area contributed by atoms with E-state index >= 15 is 0 Å². The van der Waals surface area contributed by atoms with Crippen molar-refractivity contribution in [1.82, 2.24) is 0 Å². The van der Waals surface area contributed by atoms with Crippen LogP contribution < -0.4 is 0 Å². The molecule has 19 heavy (non-hydrogen) atoms. The highest BCUT2D eigenvalue weighted by Crippen LogP contribution is 2.49. The summed E-state index contributed by atoms with van der Waals surface area (Å²) >= 11 is 0. The molecule has 0 saturated heterocycles. The first-order chi connectivity index (χ1) is 8.80. The molecule has 1 saturated carbocycles. The second-order valence-corrected chi connectivity index (χ2v) is 6.78. The highest BCUT2D eigenvalue weighted by atomic mass is 31.1. The van der Waals surface area contributed by atoms with Gasteiger partial charge in [0, 0.05) is 0 Å². The third-order valence-electron chi connectivity index (χ3n) is 4.31. The Bertz CT molecular complexity index is 376. The number of carboxylic acids is 2. The van der Waals surface area contributed by atoms with Crippen molar-refractivity contribution >= 4 is 20.0 Å². The van der Waals surface area contributed by atoms with Crippen molar-refractivity contribution in [2.45, 2.75) is 51.1 Å². The fraction of sp³-hybridized carbons (Fsp3) is 0.833. The Labute approximate surface area is 112 Å². The fourth-order valence-corrected chi connectivity index (χ4v) is 4.26. The molecule has 0 bridgehead atoms. The van der Waals surface area contributed by atoms with E-state index in [4.69, 9.17) is 5.11 Å². The predicted octanol–water partition coefficient (Wildman–Crippen LogP) is 1.97. The summed E-state index contributed by atoms with van der Waals surface area (Å²) in [6, 6.07) is 0. The molecule has 7 heteroatoms. The highest BCUT2D eigenvalue weighted by molar-refractivity contribution is 7.39. The largest absolute Gasteiger partial charge is 0.481 e. The maximum absolute atomic E-state index is 11.6. The number of hydrogen-bond donors (Lipinski definition) is 3. The molecular weight excluding hydrogens is 271 g/mol. The van der Waals surface area contributed by atoms with Crippen molar-refractivity contribution in [2.24, 2.45) is 11.3 Å². The van der Waals surface area contributed by atoms with Crippen LogP contribution in [0.1, 0.15) is 45.4 Å². The lowest BCUT2D eigenvalue weighted by Gasteiger charge is -2.40. The van der Waals surface area contributed by atoms with Crippen LogP contribution in [0, 0.1) is 11.3 Å². The molecule has 0 aliphatic heterocycles. The van der Waals surface area contributed by atoms with Gasteiger partial charge in [-0.05, 0) is 25.7 Å². The molecule has 0 spiro atoms. The lowest BCUT2D eigenvalue weighted by Crippen LogP contribution is -2.46. The molecule has 1 fully saturated rings. The molecule has 1 rings (SSSR count). The molecule has 110 valence electrons. The first-order valence-corrected chi connectivity index (χ1v) is 7.91. The Hall–Kier alpha value is -0.870. The summed E-state index contributed by atoms with van der Waals surface area (Å²) in [6.45, 7) is 1.43. The smallest absolute Gasteiger partial charge is 0.310 e. The molecule has 0 amide bonds. The van der Waals surface area contributed by atoms with Gasteiger partial charge in [-0.2, -0.15) is 0 Å². The van der Waals surface area contributed by atoms with Gasteiger partial charge >= 0.3 is 11.9 Å². The quantitative estimate of drug-likeness (QED) is 0.645. The summed E-state index contributed by atoms with van der Waals surface area (Å²) in [4.78, 5) is 31.9. The van der Waals surface area contributed by atoms with Crippen LogP contribution >= 0.6 is 8.03 Å². The Balaban J connectivity index is 3.09. The van der Waals surface area contributed by atoms with E-state index in [9.17, 15) is 24.2 Å². The molecule has 0 aromatic heterocycles. The number of rotatable bonds is 6. The second kappa shape index (κ2) is 6.53. The van der Waals surface area contributed by atoms with Gasteiger partial charge in [0.25, 0.3) is 0 Å². The topological polar surface area (TPSA) is 112 Å². The molecule has 3 unspecified atom stereocenters. The molecular formula is C12H21O6P. The Kier molecular flexibility index (Phi) is 5.56. The van der Waals surface area contributed by atoms with Crippen molar-refractivity contribution in [1.29, 1.82) is 0 Å². The zero-order valence-corrected chi connectivity index (χ0v) is 12.0. The molecule has 0 radical (unpaired) electrons. The standard InChI is InChI=1S/C12H21O6P/c1-12(11(15)16,8-5-3-2-4-6-8)9(19(17)18)7-10(13)14/h8-9,19H,2-7H2,1H3,(H,13,14)(H,15,16)(H,17,18). The molecule has 0 aromatic carbocycles. The van der Waals surface area contributed by atoms with Crippen LogP contribution in [0.2, 0.25) is 0 Å². The lowest BCUT2D eigenvalue weighted by atomic mass is 9.67. The van der Waals surface area contributed by atoms with Crippen molar-refractivity contribution in [3.63, 3.8) is 0 Å². The van der Waals surface area contributed by atoms with Crippen molar-refractivity contribution in [3.8, 4) is 0 Å². The first-order valence-electron chi connectivity index (χ1n) is 6.48. The highest BCUT2D eigenvalue weighted by Gasteiger charge is 2.50. The number of aliphatic carboxylic acids is 2. The van der Waals surface area contributed by atoms with Gasteiger partial charge in [-0.1, -0.05) is 19.3 Å². The summed E-state index contributed by atoms with van der Waals surface area (Å²) in [5.41, 5.74) is -2.65. The Morgan fingerprint density at radius 3 is 2.16 bits per heavy atom. The molecule has 0 heterocycles. The summed E-state index contributed by atoms with van der Waals surface area (Å²) in [5.74, 6) is -2.64. The summed E-state index contributed by atoms with van der Waals surface area (Å²) < 4.78 is 11.5. The van der Waals surface area contributed by atoms with Crippen LogP contribution in [0.15, 0.2) is 0 Å². The first kappa shape index (κ1) is 16.2. The fourth-order valence-electron chi connectivity index (χ4n) is 3.04. The van der Waals surface area contributed by atoms with Crippen LogP contribution in [0.3, 0.4) is 0 Å². The van der Waals surface area contributed by atoms with Crippen molar-refractivity contribution < 1.29 is 29.3 Å². The van der Waals surface area contributed by atoms with E-state index in [0.717, 1.165) is 19.3 Å². The minimum Gasteiger partial charge on any atom is -0.481 e. The number of carbonyl (C=O) groups is 2. The van der Waals surface area contributed by atoms with Gasteiger partial charge in [0.05, 0.1) is 17.5 Å². The minimum absolute atomic E-state index is 0.232. The molecule has 1 aliphatic carbocycles. The SMILES string of the molecule is CC(C(=O)O)(C1CCCCC1)C(CC(=O)O)[PH](=O)O. The van der Waals surface area contributed by atoms with E-state index in [2.05, 4.69) is 0 Å². The van der Waals surface area contributed by atoms with Crippen LogP contribution in [0.5, 0.6) is 0 Å². The zero-order chi connectivity index (χ0) is 14.6.